The van der Waals surface area contributed by atoms with Gasteiger partial charge in [0, 0.05) is 17.4 Å². The Morgan fingerprint density at radius 3 is 2.91 bits per heavy atom. The van der Waals surface area contributed by atoms with Crippen LogP contribution in [0.3, 0.4) is 0 Å². The number of aromatic nitrogens is 2. The van der Waals surface area contributed by atoms with Crippen molar-refractivity contribution in [2.45, 2.75) is 32.7 Å². The van der Waals surface area contributed by atoms with Crippen molar-refractivity contribution < 1.29 is 14.3 Å². The van der Waals surface area contributed by atoms with Crippen LogP contribution >= 0.6 is 11.3 Å². The third-order valence-electron chi connectivity index (χ3n) is 3.72. The Morgan fingerprint density at radius 2 is 2.30 bits per heavy atom. The van der Waals surface area contributed by atoms with Gasteiger partial charge in [-0.05, 0) is 25.5 Å². The highest BCUT2D eigenvalue weighted by atomic mass is 32.1. The standard InChI is InChI=1S/C16H16N2O4S/c1-3-5-12-17-14-13(15(19)18(12)9(2)16(20)21)10(8-23-14)11-6-4-7-22-11/h4,6-9H,3,5H2,1-2H3,(H,20,21). The summed E-state index contributed by atoms with van der Waals surface area (Å²) in [5, 5.41) is 11.6. The molecule has 0 aliphatic rings. The molecule has 7 heteroatoms. The van der Waals surface area contributed by atoms with Crippen LogP contribution in [0.15, 0.2) is 33.0 Å². The lowest BCUT2D eigenvalue weighted by molar-refractivity contribution is -0.140. The van der Waals surface area contributed by atoms with Gasteiger partial charge in [-0.2, -0.15) is 0 Å². The van der Waals surface area contributed by atoms with Gasteiger partial charge >= 0.3 is 5.97 Å². The predicted octanol–water partition coefficient (Wildman–Crippen LogP) is 3.32. The average molecular weight is 332 g/mol. The summed E-state index contributed by atoms with van der Waals surface area (Å²) >= 11 is 1.36. The van der Waals surface area contributed by atoms with Crippen molar-refractivity contribution in [2.24, 2.45) is 0 Å². The van der Waals surface area contributed by atoms with E-state index >= 15 is 0 Å². The summed E-state index contributed by atoms with van der Waals surface area (Å²) in [6, 6.07) is 2.55. The van der Waals surface area contributed by atoms with Crippen LogP contribution in [0.5, 0.6) is 0 Å². The number of furan rings is 1. The van der Waals surface area contributed by atoms with Crippen LogP contribution in [0.25, 0.3) is 21.5 Å². The van der Waals surface area contributed by atoms with Gasteiger partial charge in [0.1, 0.15) is 22.5 Å². The molecule has 0 saturated heterocycles. The molecule has 0 aliphatic heterocycles. The normalized spacial score (nSPS) is 12.6. The van der Waals surface area contributed by atoms with Crippen LogP contribution in [0.1, 0.15) is 32.1 Å². The van der Waals surface area contributed by atoms with E-state index in [2.05, 4.69) is 4.98 Å². The predicted molar refractivity (Wildman–Crippen MR) is 87.9 cm³/mol. The van der Waals surface area contributed by atoms with Crippen molar-refractivity contribution in [3.8, 4) is 11.3 Å². The third-order valence-corrected chi connectivity index (χ3v) is 4.59. The maximum Gasteiger partial charge on any atom is 0.326 e. The number of carbonyl (C=O) groups is 1. The van der Waals surface area contributed by atoms with E-state index < -0.39 is 12.0 Å². The topological polar surface area (TPSA) is 85.3 Å². The molecular formula is C16H16N2O4S. The maximum absolute atomic E-state index is 13.0. The largest absolute Gasteiger partial charge is 0.480 e. The van der Waals surface area contributed by atoms with Crippen molar-refractivity contribution in [2.75, 3.05) is 0 Å². The molecule has 0 bridgehead atoms. The minimum absolute atomic E-state index is 0.332. The zero-order chi connectivity index (χ0) is 16.6. The van der Waals surface area contributed by atoms with E-state index in [-0.39, 0.29) is 5.56 Å². The first-order chi connectivity index (χ1) is 11.0. The molecule has 3 heterocycles. The summed E-state index contributed by atoms with van der Waals surface area (Å²) in [7, 11) is 0. The second-order valence-electron chi connectivity index (χ2n) is 5.27. The highest BCUT2D eigenvalue weighted by molar-refractivity contribution is 7.17. The molecule has 0 aromatic carbocycles. The first-order valence-electron chi connectivity index (χ1n) is 7.33. The van der Waals surface area contributed by atoms with Crippen LogP contribution < -0.4 is 5.56 Å². The summed E-state index contributed by atoms with van der Waals surface area (Å²) in [6.07, 6.45) is 2.87. The molecule has 3 rings (SSSR count). The molecule has 0 radical (unpaired) electrons. The van der Waals surface area contributed by atoms with Crippen LogP contribution in [0, 0.1) is 0 Å². The van der Waals surface area contributed by atoms with Gasteiger partial charge in [0.2, 0.25) is 0 Å². The molecule has 0 spiro atoms. The lowest BCUT2D eigenvalue weighted by atomic mass is 10.1. The zero-order valence-electron chi connectivity index (χ0n) is 12.8. The number of aliphatic carboxylic acids is 1. The average Bonchev–Trinajstić information content (AvgIpc) is 3.15. The van der Waals surface area contributed by atoms with Crippen LogP contribution in [0.2, 0.25) is 0 Å². The Kier molecular flexibility index (Phi) is 4.04. The molecule has 23 heavy (non-hydrogen) atoms. The fraction of sp³-hybridized carbons (Fsp3) is 0.312. The Morgan fingerprint density at radius 1 is 1.52 bits per heavy atom. The van der Waals surface area contributed by atoms with Gasteiger partial charge in [-0.1, -0.05) is 6.92 Å². The van der Waals surface area contributed by atoms with Crippen LogP contribution in [0.4, 0.5) is 0 Å². The summed E-state index contributed by atoms with van der Waals surface area (Å²) in [5.41, 5.74) is 0.322. The van der Waals surface area contributed by atoms with Crippen molar-refractivity contribution in [1.82, 2.24) is 9.55 Å². The number of fused-ring (bicyclic) bond motifs is 1. The highest BCUT2D eigenvalue weighted by Gasteiger charge is 2.23. The molecule has 1 unspecified atom stereocenters. The molecule has 6 nitrogen and oxygen atoms in total. The second kappa shape index (κ2) is 6.00. The van der Waals surface area contributed by atoms with E-state index in [9.17, 15) is 14.7 Å². The first-order valence-corrected chi connectivity index (χ1v) is 8.21. The molecule has 120 valence electrons. The first kappa shape index (κ1) is 15.5. The SMILES string of the molecule is CCCc1nc2scc(-c3ccco3)c2c(=O)n1C(C)C(=O)O. The third kappa shape index (κ3) is 2.57. The van der Waals surface area contributed by atoms with E-state index in [0.717, 1.165) is 6.42 Å². The number of aryl methyl sites for hydroxylation is 1. The smallest absolute Gasteiger partial charge is 0.326 e. The number of thiophene rings is 1. The minimum atomic E-state index is -1.06. The van der Waals surface area contributed by atoms with Crippen molar-refractivity contribution in [3.63, 3.8) is 0 Å². The van der Waals surface area contributed by atoms with Gasteiger partial charge < -0.3 is 9.52 Å². The number of rotatable bonds is 5. The lowest BCUT2D eigenvalue weighted by Gasteiger charge is -2.15. The van der Waals surface area contributed by atoms with Gasteiger partial charge in [0.05, 0.1) is 11.6 Å². The van der Waals surface area contributed by atoms with E-state index in [1.807, 2.05) is 12.3 Å². The molecule has 0 aliphatic carbocycles. The molecule has 1 atom stereocenters. The van der Waals surface area contributed by atoms with Crippen molar-refractivity contribution in [3.05, 3.63) is 40.0 Å². The van der Waals surface area contributed by atoms with E-state index in [4.69, 9.17) is 4.42 Å². The lowest BCUT2D eigenvalue weighted by Crippen LogP contribution is -2.31. The number of carboxylic acids is 1. The highest BCUT2D eigenvalue weighted by Crippen LogP contribution is 2.31. The quantitative estimate of drug-likeness (QED) is 0.774. The fourth-order valence-electron chi connectivity index (χ4n) is 2.57. The van der Waals surface area contributed by atoms with E-state index in [1.165, 1.54) is 29.1 Å². The van der Waals surface area contributed by atoms with Gasteiger partial charge in [-0.3, -0.25) is 9.36 Å². The Labute approximate surface area is 136 Å². The van der Waals surface area contributed by atoms with Crippen LogP contribution in [-0.2, 0) is 11.2 Å². The Bertz CT molecular complexity index is 908. The molecule has 0 fully saturated rings. The second-order valence-corrected chi connectivity index (χ2v) is 6.13. The number of hydrogen-bond acceptors (Lipinski definition) is 5. The van der Waals surface area contributed by atoms with E-state index in [1.54, 1.807) is 12.1 Å². The van der Waals surface area contributed by atoms with Gasteiger partial charge in [-0.25, -0.2) is 9.78 Å². The summed E-state index contributed by atoms with van der Waals surface area (Å²) in [6.45, 7) is 3.46. The van der Waals surface area contributed by atoms with Crippen LogP contribution in [-0.4, -0.2) is 20.6 Å². The summed E-state index contributed by atoms with van der Waals surface area (Å²) in [5.74, 6) is 0.0287. The van der Waals surface area contributed by atoms with Crippen molar-refractivity contribution in [1.29, 1.82) is 0 Å². The molecule has 3 aromatic heterocycles. The maximum atomic E-state index is 13.0. The zero-order valence-corrected chi connectivity index (χ0v) is 13.6. The molecule has 0 amide bonds. The Balaban J connectivity index is 2.33. The molecule has 3 aromatic rings. The van der Waals surface area contributed by atoms with Gasteiger partial charge in [0.15, 0.2) is 0 Å². The number of hydrogen-bond donors (Lipinski definition) is 1. The van der Waals surface area contributed by atoms with Gasteiger partial charge in [-0.15, -0.1) is 11.3 Å². The van der Waals surface area contributed by atoms with Crippen molar-refractivity contribution >= 4 is 27.5 Å². The monoisotopic (exact) mass is 332 g/mol. The molecule has 0 saturated carbocycles. The Hall–Kier alpha value is -2.41. The summed E-state index contributed by atoms with van der Waals surface area (Å²) in [4.78, 5) is 29.5. The fourth-order valence-corrected chi connectivity index (χ4v) is 3.51. The summed E-state index contributed by atoms with van der Waals surface area (Å²) < 4.78 is 6.67. The van der Waals surface area contributed by atoms with E-state index in [0.29, 0.717) is 33.8 Å². The molecular weight excluding hydrogens is 316 g/mol. The number of carboxylic acid groups (broad SMARTS) is 1. The number of nitrogens with zero attached hydrogens (tertiary/aromatic N) is 2. The van der Waals surface area contributed by atoms with Gasteiger partial charge in [0.25, 0.3) is 5.56 Å². The minimum Gasteiger partial charge on any atom is -0.480 e. The molecule has 1 N–H and O–H groups in total.